The van der Waals surface area contributed by atoms with Gasteiger partial charge in [0, 0.05) is 24.4 Å². The van der Waals surface area contributed by atoms with Gasteiger partial charge in [0.1, 0.15) is 0 Å². The normalized spacial score (nSPS) is 10.8. The van der Waals surface area contributed by atoms with Crippen molar-refractivity contribution in [2.45, 2.75) is 6.92 Å². The molecule has 2 aromatic heterocycles. The molecule has 7 nitrogen and oxygen atoms in total. The third-order valence-electron chi connectivity index (χ3n) is 3.46. The van der Waals surface area contributed by atoms with E-state index in [-0.39, 0.29) is 11.6 Å². The van der Waals surface area contributed by atoms with E-state index in [0.717, 1.165) is 16.3 Å². The van der Waals surface area contributed by atoms with Gasteiger partial charge in [0.05, 0.1) is 21.2 Å². The van der Waals surface area contributed by atoms with Crippen LogP contribution in [-0.4, -0.2) is 20.8 Å². The van der Waals surface area contributed by atoms with Crippen molar-refractivity contribution in [2.75, 3.05) is 5.32 Å². The summed E-state index contributed by atoms with van der Waals surface area (Å²) in [4.78, 5) is 31.8. The van der Waals surface area contributed by atoms with Gasteiger partial charge in [0.2, 0.25) is 5.91 Å². The summed E-state index contributed by atoms with van der Waals surface area (Å²) < 4.78 is 0. The number of pyridine rings is 1. The van der Waals surface area contributed by atoms with Crippen LogP contribution in [0.1, 0.15) is 11.3 Å². The molecule has 1 N–H and O–H groups in total. The molecule has 0 saturated heterocycles. The van der Waals surface area contributed by atoms with E-state index < -0.39 is 4.92 Å². The van der Waals surface area contributed by atoms with Crippen LogP contribution < -0.4 is 5.32 Å². The number of carbonyl (C=O) groups excluding carboxylic acids is 1. The lowest BCUT2D eigenvalue weighted by molar-refractivity contribution is -0.384. The number of rotatable bonds is 5. The summed E-state index contributed by atoms with van der Waals surface area (Å²) in [5.41, 5.74) is 2.30. The first-order chi connectivity index (χ1) is 12.5. The number of anilines is 1. The first kappa shape index (κ1) is 17.4. The number of thiazole rings is 1. The molecule has 1 aromatic carbocycles. The number of nitrogens with zero attached hydrogens (tertiary/aromatic N) is 3. The van der Waals surface area contributed by atoms with Crippen molar-refractivity contribution in [2.24, 2.45) is 0 Å². The average Bonchev–Trinajstić information content (AvgIpc) is 3.01. The summed E-state index contributed by atoms with van der Waals surface area (Å²) in [6, 6.07) is 11.6. The fraction of sp³-hybridized carbons (Fsp3) is 0.0556. The summed E-state index contributed by atoms with van der Waals surface area (Å²) in [6.07, 6.45) is 4.65. The molecule has 26 heavy (non-hydrogen) atoms. The van der Waals surface area contributed by atoms with Crippen molar-refractivity contribution in [3.05, 3.63) is 76.1 Å². The second-order valence-corrected chi connectivity index (χ2v) is 6.32. The van der Waals surface area contributed by atoms with E-state index in [1.54, 1.807) is 24.4 Å². The summed E-state index contributed by atoms with van der Waals surface area (Å²) in [5, 5.41) is 13.8. The maximum Gasteiger partial charge on any atom is 0.269 e. The molecule has 130 valence electrons. The van der Waals surface area contributed by atoms with E-state index in [4.69, 9.17) is 0 Å². The standard InChI is InChI=1S/C18H14N4O3S/c1-12-17(15-4-2-3-11-19-15)26-18(20-12)21-16(23)10-7-13-5-8-14(9-6-13)22(24)25/h2-11H,1H3,(H,20,21,23). The molecule has 0 bridgehead atoms. The van der Waals surface area contributed by atoms with Crippen molar-refractivity contribution >= 4 is 34.1 Å². The molecule has 0 aliphatic rings. The molecule has 0 radical (unpaired) electrons. The van der Waals surface area contributed by atoms with E-state index in [9.17, 15) is 14.9 Å². The zero-order valence-electron chi connectivity index (χ0n) is 13.7. The SMILES string of the molecule is Cc1nc(NC(=O)C=Cc2ccc([N+](=O)[O-])cc2)sc1-c1ccccn1. The largest absolute Gasteiger partial charge is 0.298 e. The van der Waals surface area contributed by atoms with Crippen LogP contribution in [0.5, 0.6) is 0 Å². The third kappa shape index (κ3) is 4.17. The summed E-state index contributed by atoms with van der Waals surface area (Å²) in [6.45, 7) is 1.86. The number of hydrogen-bond acceptors (Lipinski definition) is 6. The lowest BCUT2D eigenvalue weighted by Crippen LogP contribution is -2.07. The average molecular weight is 366 g/mol. The molecule has 0 aliphatic carbocycles. The van der Waals surface area contributed by atoms with Gasteiger partial charge in [0.15, 0.2) is 5.13 Å². The van der Waals surface area contributed by atoms with Gasteiger partial charge in [-0.15, -0.1) is 0 Å². The van der Waals surface area contributed by atoms with Gasteiger partial charge >= 0.3 is 0 Å². The van der Waals surface area contributed by atoms with Crippen LogP contribution in [0.15, 0.2) is 54.7 Å². The zero-order chi connectivity index (χ0) is 18.5. The molecular weight excluding hydrogens is 352 g/mol. The van der Waals surface area contributed by atoms with Crippen molar-refractivity contribution in [1.82, 2.24) is 9.97 Å². The van der Waals surface area contributed by atoms with Gasteiger partial charge in [0.25, 0.3) is 5.69 Å². The molecule has 0 spiro atoms. The Kier molecular flexibility index (Phi) is 5.14. The fourth-order valence-corrected chi connectivity index (χ4v) is 3.16. The van der Waals surface area contributed by atoms with Crippen LogP contribution in [-0.2, 0) is 4.79 Å². The number of aryl methyl sites for hydroxylation is 1. The van der Waals surface area contributed by atoms with Crippen molar-refractivity contribution in [3.63, 3.8) is 0 Å². The topological polar surface area (TPSA) is 98.0 Å². The Morgan fingerprint density at radius 2 is 2.00 bits per heavy atom. The number of aromatic nitrogens is 2. The molecule has 3 aromatic rings. The van der Waals surface area contributed by atoms with Gasteiger partial charge in [-0.1, -0.05) is 17.4 Å². The minimum absolute atomic E-state index is 0.00640. The van der Waals surface area contributed by atoms with Gasteiger partial charge in [-0.3, -0.25) is 25.2 Å². The highest BCUT2D eigenvalue weighted by molar-refractivity contribution is 7.19. The smallest absolute Gasteiger partial charge is 0.269 e. The molecule has 3 rings (SSSR count). The number of nitrogens with one attached hydrogen (secondary N) is 1. The Balaban J connectivity index is 1.67. The quantitative estimate of drug-likeness (QED) is 0.417. The highest BCUT2D eigenvalue weighted by Crippen LogP contribution is 2.31. The summed E-state index contributed by atoms with van der Waals surface area (Å²) in [5.74, 6) is -0.329. The Hall–Kier alpha value is -3.39. The van der Waals surface area contributed by atoms with E-state index >= 15 is 0 Å². The zero-order valence-corrected chi connectivity index (χ0v) is 14.6. The number of hydrogen-bond donors (Lipinski definition) is 1. The van der Waals surface area contributed by atoms with E-state index in [2.05, 4.69) is 15.3 Å². The van der Waals surface area contributed by atoms with Gasteiger partial charge in [-0.05, 0) is 42.8 Å². The number of carbonyl (C=O) groups is 1. The number of benzene rings is 1. The third-order valence-corrected chi connectivity index (χ3v) is 4.55. The summed E-state index contributed by atoms with van der Waals surface area (Å²) >= 11 is 1.35. The van der Waals surface area contributed by atoms with Gasteiger partial charge in [-0.25, -0.2) is 4.98 Å². The van der Waals surface area contributed by atoms with Gasteiger partial charge < -0.3 is 0 Å². The highest BCUT2D eigenvalue weighted by atomic mass is 32.1. The first-order valence-corrected chi connectivity index (χ1v) is 8.47. The number of nitro groups is 1. The Bertz CT molecular complexity index is 966. The first-order valence-electron chi connectivity index (χ1n) is 7.65. The molecule has 8 heteroatoms. The predicted molar refractivity (Wildman–Crippen MR) is 101 cm³/mol. The van der Waals surface area contributed by atoms with E-state index in [1.165, 1.54) is 29.5 Å². The Morgan fingerprint density at radius 3 is 2.65 bits per heavy atom. The molecule has 1 amide bonds. The van der Waals surface area contributed by atoms with Crippen LogP contribution in [0.4, 0.5) is 10.8 Å². The lowest BCUT2D eigenvalue weighted by Gasteiger charge is -1.97. The molecule has 0 atom stereocenters. The molecule has 0 fully saturated rings. The number of nitro benzene ring substituents is 1. The Morgan fingerprint density at radius 1 is 1.23 bits per heavy atom. The predicted octanol–water partition coefficient (Wildman–Crippen LogP) is 4.07. The maximum absolute atomic E-state index is 12.1. The Labute approximate surface area is 153 Å². The lowest BCUT2D eigenvalue weighted by atomic mass is 10.2. The summed E-state index contributed by atoms with van der Waals surface area (Å²) in [7, 11) is 0. The van der Waals surface area contributed by atoms with Crippen LogP contribution in [0, 0.1) is 17.0 Å². The second kappa shape index (κ2) is 7.66. The van der Waals surface area contributed by atoms with Crippen LogP contribution in [0.2, 0.25) is 0 Å². The number of amides is 1. The highest BCUT2D eigenvalue weighted by Gasteiger charge is 2.11. The molecular formula is C18H14N4O3S. The molecule has 0 aliphatic heterocycles. The second-order valence-electron chi connectivity index (χ2n) is 5.32. The molecule has 2 heterocycles. The van der Waals surface area contributed by atoms with Gasteiger partial charge in [-0.2, -0.15) is 0 Å². The minimum atomic E-state index is -0.468. The minimum Gasteiger partial charge on any atom is -0.298 e. The maximum atomic E-state index is 12.1. The van der Waals surface area contributed by atoms with Crippen LogP contribution in [0.3, 0.4) is 0 Å². The van der Waals surface area contributed by atoms with Crippen LogP contribution >= 0.6 is 11.3 Å². The van der Waals surface area contributed by atoms with Crippen molar-refractivity contribution in [1.29, 1.82) is 0 Å². The van der Waals surface area contributed by atoms with Crippen molar-refractivity contribution in [3.8, 4) is 10.6 Å². The molecule has 0 saturated carbocycles. The van der Waals surface area contributed by atoms with Crippen LogP contribution in [0.25, 0.3) is 16.6 Å². The number of non-ortho nitro benzene ring substituents is 1. The van der Waals surface area contributed by atoms with E-state index in [0.29, 0.717) is 10.7 Å². The monoisotopic (exact) mass is 366 g/mol. The fourth-order valence-electron chi connectivity index (χ4n) is 2.21. The van der Waals surface area contributed by atoms with Crippen molar-refractivity contribution < 1.29 is 9.72 Å². The van der Waals surface area contributed by atoms with E-state index in [1.807, 2.05) is 25.1 Å². The molecule has 0 unspecified atom stereocenters.